The van der Waals surface area contributed by atoms with E-state index in [9.17, 15) is 14.4 Å². The third kappa shape index (κ3) is 6.46. The first-order chi connectivity index (χ1) is 17.6. The Hall–Kier alpha value is -2.60. The molecule has 37 heavy (non-hydrogen) atoms. The lowest BCUT2D eigenvalue weighted by atomic mass is 9.95. The number of esters is 1. The first-order valence-electron chi connectivity index (χ1n) is 13.0. The van der Waals surface area contributed by atoms with Gasteiger partial charge in [0, 0.05) is 43.9 Å². The lowest BCUT2D eigenvalue weighted by molar-refractivity contribution is -0.153. The summed E-state index contributed by atoms with van der Waals surface area (Å²) in [7, 11) is -2.49. The van der Waals surface area contributed by atoms with Crippen molar-refractivity contribution in [1.82, 2.24) is 15.0 Å². The van der Waals surface area contributed by atoms with E-state index in [0.29, 0.717) is 13.0 Å². The Labute approximate surface area is 218 Å². The van der Waals surface area contributed by atoms with Gasteiger partial charge in [-0.25, -0.2) is 0 Å². The lowest BCUT2D eigenvalue weighted by Gasteiger charge is -2.39. The van der Waals surface area contributed by atoms with Crippen LogP contribution in [0.4, 0.5) is 5.69 Å². The van der Waals surface area contributed by atoms with Crippen LogP contribution in [0.25, 0.3) is 0 Å². The van der Waals surface area contributed by atoms with Gasteiger partial charge in [-0.1, -0.05) is 24.3 Å². The van der Waals surface area contributed by atoms with Crippen LogP contribution < -0.4 is 4.90 Å². The molecule has 2 saturated heterocycles. The number of aromatic nitrogens is 3. The Kier molecular flexibility index (Phi) is 8.47. The summed E-state index contributed by atoms with van der Waals surface area (Å²) < 4.78 is 13.6. The molecule has 1 aromatic carbocycles. The van der Waals surface area contributed by atoms with Crippen molar-refractivity contribution in [2.75, 3.05) is 11.5 Å². The van der Waals surface area contributed by atoms with Crippen LogP contribution in [0, 0.1) is 5.92 Å². The molecular formula is C26H38N4O6Si. The number of aliphatic hydroxyl groups excluding tert-OH is 1. The maximum Gasteiger partial charge on any atom is 0.304 e. The normalized spacial score (nSPS) is 25.8. The van der Waals surface area contributed by atoms with Crippen LogP contribution in [-0.4, -0.2) is 70.1 Å². The van der Waals surface area contributed by atoms with Gasteiger partial charge >= 0.3 is 5.97 Å². The molecule has 4 rings (SSSR count). The number of β-lactam (4-membered cyclic amide) rings is 1. The van der Waals surface area contributed by atoms with Crippen molar-refractivity contribution in [3.8, 4) is 0 Å². The molecule has 0 aliphatic carbocycles. The monoisotopic (exact) mass is 530 g/mol. The number of benzene rings is 1. The van der Waals surface area contributed by atoms with E-state index in [1.807, 2.05) is 43.6 Å². The zero-order chi connectivity index (χ0) is 26.7. The van der Waals surface area contributed by atoms with Gasteiger partial charge in [-0.05, 0) is 56.0 Å². The van der Waals surface area contributed by atoms with Gasteiger partial charge in [0.1, 0.15) is 0 Å². The number of hydrogen-bond donors (Lipinski definition) is 2. The highest BCUT2D eigenvalue weighted by atomic mass is 28.4. The highest BCUT2D eigenvalue weighted by Gasteiger charge is 2.49. The van der Waals surface area contributed by atoms with Crippen molar-refractivity contribution >= 4 is 25.9 Å². The molecule has 11 heteroatoms. The third-order valence-corrected chi connectivity index (χ3v) is 9.96. The fourth-order valence-electron chi connectivity index (χ4n) is 5.77. The van der Waals surface area contributed by atoms with E-state index >= 15 is 0 Å². The fourth-order valence-corrected chi connectivity index (χ4v) is 8.43. The number of amides is 1. The number of hydrogen-bond acceptors (Lipinski definition) is 8. The van der Waals surface area contributed by atoms with Gasteiger partial charge < -0.3 is 19.4 Å². The molecule has 1 amide bonds. The molecule has 1 aromatic heterocycles. The number of carbonyl (C=O) groups is 2. The predicted molar refractivity (Wildman–Crippen MR) is 139 cm³/mol. The van der Waals surface area contributed by atoms with Gasteiger partial charge in [-0.2, -0.15) is 0 Å². The van der Waals surface area contributed by atoms with E-state index in [0.717, 1.165) is 36.2 Å². The molecular weight excluding hydrogens is 492 g/mol. The molecule has 0 spiro atoms. The first-order valence-corrected chi connectivity index (χ1v) is 16.0. The predicted octanol–water partition coefficient (Wildman–Crippen LogP) is 2.43. The van der Waals surface area contributed by atoms with Crippen LogP contribution in [-0.2, 0) is 38.4 Å². The number of nitrogens with zero attached hydrogens (tertiary/aromatic N) is 4. The van der Waals surface area contributed by atoms with Gasteiger partial charge in [0.2, 0.25) is 5.91 Å². The largest absolute Gasteiger partial charge is 0.441 e. The Bertz CT molecular complexity index is 1100. The van der Waals surface area contributed by atoms with Crippen molar-refractivity contribution in [3.05, 3.63) is 41.7 Å². The Morgan fingerprint density at radius 1 is 1.24 bits per heavy atom. The molecule has 5 atom stereocenters. The molecule has 2 N–H and O–H groups in total. The van der Waals surface area contributed by atoms with E-state index in [1.54, 1.807) is 4.68 Å². The first kappa shape index (κ1) is 27.4. The van der Waals surface area contributed by atoms with Crippen molar-refractivity contribution in [2.45, 2.75) is 89.6 Å². The average Bonchev–Trinajstić information content (AvgIpc) is 3.39. The van der Waals surface area contributed by atoms with E-state index in [1.165, 1.54) is 11.8 Å². The average molecular weight is 531 g/mol. The van der Waals surface area contributed by atoms with Crippen LogP contribution in [0.1, 0.15) is 44.4 Å². The van der Waals surface area contributed by atoms with Gasteiger partial charge in [0.15, 0.2) is 14.5 Å². The number of rotatable bonds is 11. The van der Waals surface area contributed by atoms with Gasteiger partial charge in [-0.15, -0.1) is 5.10 Å². The van der Waals surface area contributed by atoms with Gasteiger partial charge in [0.25, 0.3) is 0 Å². The molecule has 2 aliphatic heterocycles. The molecule has 2 aliphatic rings. The fraction of sp³-hybridized carbons (Fsp3) is 0.615. The summed E-state index contributed by atoms with van der Waals surface area (Å²) >= 11 is 0. The summed E-state index contributed by atoms with van der Waals surface area (Å²) in [5, 5.41) is 17.3. The second-order valence-electron chi connectivity index (χ2n) is 10.7. The van der Waals surface area contributed by atoms with E-state index in [-0.39, 0.29) is 42.6 Å². The van der Waals surface area contributed by atoms with Crippen molar-refractivity contribution < 1.29 is 29.0 Å². The van der Waals surface area contributed by atoms with E-state index in [4.69, 9.17) is 14.6 Å². The maximum atomic E-state index is 12.2. The van der Waals surface area contributed by atoms with Crippen LogP contribution in [0.2, 0.25) is 18.6 Å². The zero-order valence-electron chi connectivity index (χ0n) is 22.0. The summed E-state index contributed by atoms with van der Waals surface area (Å²) in [5.74, 6) is -0.251. The minimum atomic E-state index is -2.49. The minimum absolute atomic E-state index is 0.0118. The Morgan fingerprint density at radius 3 is 2.70 bits per heavy atom. The molecule has 202 valence electrons. The maximum absolute atomic E-state index is 12.2. The summed E-state index contributed by atoms with van der Waals surface area (Å²) in [6, 6.07) is 7.77. The van der Waals surface area contributed by atoms with Crippen LogP contribution in [0.15, 0.2) is 30.5 Å². The second-order valence-corrected chi connectivity index (χ2v) is 14.7. The van der Waals surface area contributed by atoms with Crippen LogP contribution >= 0.6 is 0 Å². The number of aliphatic hydroxyl groups is 1. The standard InChI is InChI=1S/C26H38N4O6Si/c1-17-22(9-8-19-6-5-7-21(14-19)30-24(33)15-25(30)35-18(2)32)36-23(26(17)37(3,4)34)10-12-29-16-20(11-13-31)27-28-29/h5-7,14,16-17,22-23,25-26,31,34H,8-13,15H2,1-4H3/t17-,22+,23-,25?,26+/m1/s1. The minimum Gasteiger partial charge on any atom is -0.441 e. The molecule has 2 fully saturated rings. The molecule has 1 unspecified atom stereocenters. The molecule has 0 saturated carbocycles. The van der Waals surface area contributed by atoms with Gasteiger partial charge in [-0.3, -0.25) is 19.2 Å². The topological polar surface area (TPSA) is 127 Å². The second kappa shape index (κ2) is 11.4. The molecule has 0 radical (unpaired) electrons. The number of anilines is 1. The van der Waals surface area contributed by atoms with Crippen molar-refractivity contribution in [3.63, 3.8) is 0 Å². The lowest BCUT2D eigenvalue weighted by Crippen LogP contribution is -2.54. The third-order valence-electron chi connectivity index (χ3n) is 7.43. The van der Waals surface area contributed by atoms with Gasteiger partial charge in [0.05, 0.1) is 24.3 Å². The summed E-state index contributed by atoms with van der Waals surface area (Å²) in [6.07, 6.45) is 4.25. The summed E-state index contributed by atoms with van der Waals surface area (Å²) in [4.78, 5) is 36.2. The SMILES string of the molecule is CC(=O)OC1CC(=O)N1c1cccc(CC[C@@H]2O[C@H](CCn3cc(CCO)nn3)[C@@H]([Si](C)(C)O)[C@@H]2C)c1. The van der Waals surface area contributed by atoms with Crippen LogP contribution in [0.3, 0.4) is 0 Å². The van der Waals surface area contributed by atoms with E-state index < -0.39 is 20.5 Å². The smallest absolute Gasteiger partial charge is 0.304 e. The number of ether oxygens (including phenoxy) is 2. The Balaban J connectivity index is 1.39. The number of aryl methyl sites for hydroxylation is 2. The van der Waals surface area contributed by atoms with E-state index in [2.05, 4.69) is 17.2 Å². The zero-order valence-corrected chi connectivity index (χ0v) is 23.0. The summed E-state index contributed by atoms with van der Waals surface area (Å²) in [6.45, 7) is 8.16. The van der Waals surface area contributed by atoms with Crippen molar-refractivity contribution in [2.24, 2.45) is 5.92 Å². The highest BCUT2D eigenvalue weighted by molar-refractivity contribution is 6.71. The molecule has 2 aromatic rings. The highest BCUT2D eigenvalue weighted by Crippen LogP contribution is 2.45. The molecule has 0 bridgehead atoms. The number of carbonyl (C=O) groups excluding carboxylic acids is 2. The molecule has 10 nitrogen and oxygen atoms in total. The summed E-state index contributed by atoms with van der Waals surface area (Å²) in [5.41, 5.74) is 2.67. The van der Waals surface area contributed by atoms with Crippen LogP contribution in [0.5, 0.6) is 0 Å². The molecule has 3 heterocycles. The Morgan fingerprint density at radius 2 is 2.03 bits per heavy atom. The quantitative estimate of drug-likeness (QED) is 0.258. The van der Waals surface area contributed by atoms with Crippen molar-refractivity contribution in [1.29, 1.82) is 0 Å².